The van der Waals surface area contributed by atoms with Gasteiger partial charge in [-0.3, -0.25) is 9.69 Å². The number of nitrogens with one attached hydrogen (secondary N) is 1. The van der Waals surface area contributed by atoms with Gasteiger partial charge in [0.2, 0.25) is 0 Å². The van der Waals surface area contributed by atoms with E-state index < -0.39 is 6.10 Å². The maximum absolute atomic E-state index is 12.1. The highest BCUT2D eigenvalue weighted by molar-refractivity contribution is 5.56. The molecule has 3 heterocycles. The standard InChI is InChI=1S/C21H27N3O3/c1-27-20-7-3-2-5-18(20)22-10-17(25)14-23-11-15-9-16(13-23)19-6-4-8-21(26)24(19)12-15/h2-8,15-17,22,25H,9-14H2,1H3/t15-,16-,17+/m0/s1. The number of para-hydroxylation sites is 2. The second-order valence-electron chi connectivity index (χ2n) is 7.65. The molecule has 4 rings (SSSR count). The average molecular weight is 369 g/mol. The van der Waals surface area contributed by atoms with Crippen molar-refractivity contribution >= 4 is 5.69 Å². The zero-order chi connectivity index (χ0) is 18.8. The number of methoxy groups -OCH3 is 1. The Kier molecular flexibility index (Phi) is 5.18. The Morgan fingerprint density at radius 1 is 1.19 bits per heavy atom. The fourth-order valence-corrected chi connectivity index (χ4v) is 4.53. The van der Waals surface area contributed by atoms with E-state index in [-0.39, 0.29) is 5.56 Å². The second-order valence-corrected chi connectivity index (χ2v) is 7.65. The van der Waals surface area contributed by atoms with Gasteiger partial charge in [0, 0.05) is 50.4 Å². The van der Waals surface area contributed by atoms with Crippen LogP contribution in [-0.2, 0) is 6.54 Å². The lowest BCUT2D eigenvalue weighted by Crippen LogP contribution is -2.49. The first-order valence-corrected chi connectivity index (χ1v) is 9.61. The topological polar surface area (TPSA) is 66.7 Å². The van der Waals surface area contributed by atoms with E-state index in [4.69, 9.17) is 4.74 Å². The molecule has 2 aliphatic rings. The fraction of sp³-hybridized carbons (Fsp3) is 0.476. The summed E-state index contributed by atoms with van der Waals surface area (Å²) >= 11 is 0. The van der Waals surface area contributed by atoms with Crippen LogP contribution in [0.3, 0.4) is 0 Å². The van der Waals surface area contributed by atoms with Gasteiger partial charge in [0.25, 0.3) is 5.56 Å². The number of hydrogen-bond donors (Lipinski definition) is 2. The number of aliphatic hydroxyl groups is 1. The lowest BCUT2D eigenvalue weighted by molar-refractivity contribution is 0.0676. The van der Waals surface area contributed by atoms with Crippen molar-refractivity contribution in [3.63, 3.8) is 0 Å². The van der Waals surface area contributed by atoms with E-state index in [1.165, 1.54) is 0 Å². The van der Waals surface area contributed by atoms with Gasteiger partial charge in [-0.15, -0.1) is 0 Å². The van der Waals surface area contributed by atoms with Crippen LogP contribution in [0.2, 0.25) is 0 Å². The predicted molar refractivity (Wildman–Crippen MR) is 105 cm³/mol. The monoisotopic (exact) mass is 369 g/mol. The number of β-amino-alcohol motifs (C(OH)–C–C–N with tert-alkyl or cyclic N) is 1. The van der Waals surface area contributed by atoms with Gasteiger partial charge in [0.15, 0.2) is 0 Å². The highest BCUT2D eigenvalue weighted by atomic mass is 16.5. The van der Waals surface area contributed by atoms with Crippen LogP contribution < -0.4 is 15.6 Å². The summed E-state index contributed by atoms with van der Waals surface area (Å²) in [6, 6.07) is 13.3. The second kappa shape index (κ2) is 7.74. The molecule has 0 spiro atoms. The minimum atomic E-state index is -0.466. The van der Waals surface area contributed by atoms with E-state index in [9.17, 15) is 9.90 Å². The highest BCUT2D eigenvalue weighted by Crippen LogP contribution is 2.34. The Balaban J connectivity index is 1.36. The normalized spacial score (nSPS) is 22.7. The van der Waals surface area contributed by atoms with Crippen LogP contribution in [0.5, 0.6) is 5.75 Å². The van der Waals surface area contributed by atoms with Gasteiger partial charge >= 0.3 is 0 Å². The van der Waals surface area contributed by atoms with Gasteiger partial charge in [-0.1, -0.05) is 18.2 Å². The molecule has 2 bridgehead atoms. The van der Waals surface area contributed by atoms with E-state index in [2.05, 4.69) is 16.3 Å². The molecule has 1 fully saturated rings. The molecule has 0 aliphatic carbocycles. The number of fused-ring (bicyclic) bond motifs is 4. The number of rotatable bonds is 6. The van der Waals surface area contributed by atoms with Crippen LogP contribution in [0.1, 0.15) is 18.0 Å². The molecule has 2 aliphatic heterocycles. The predicted octanol–water partition coefficient (Wildman–Crippen LogP) is 1.75. The summed E-state index contributed by atoms with van der Waals surface area (Å²) in [7, 11) is 1.65. The van der Waals surface area contributed by atoms with Crippen molar-refractivity contribution in [3.05, 3.63) is 58.5 Å². The first-order valence-electron chi connectivity index (χ1n) is 9.61. The van der Waals surface area contributed by atoms with Crippen LogP contribution in [0.4, 0.5) is 5.69 Å². The molecule has 3 atom stereocenters. The van der Waals surface area contributed by atoms with Crippen molar-refractivity contribution < 1.29 is 9.84 Å². The maximum Gasteiger partial charge on any atom is 0.250 e. The van der Waals surface area contributed by atoms with Crippen LogP contribution in [0.15, 0.2) is 47.3 Å². The summed E-state index contributed by atoms with van der Waals surface area (Å²) in [6.07, 6.45) is 0.668. The molecule has 1 aromatic carbocycles. The number of likely N-dealkylation sites (tertiary alicyclic amines) is 1. The first-order chi connectivity index (χ1) is 13.1. The number of benzene rings is 1. The molecule has 0 saturated carbocycles. The minimum Gasteiger partial charge on any atom is -0.495 e. The molecule has 0 radical (unpaired) electrons. The quantitative estimate of drug-likeness (QED) is 0.812. The van der Waals surface area contributed by atoms with Gasteiger partial charge in [-0.05, 0) is 30.5 Å². The summed E-state index contributed by atoms with van der Waals surface area (Å²) in [6.45, 7) is 3.72. The van der Waals surface area contributed by atoms with Crippen molar-refractivity contribution in [1.29, 1.82) is 0 Å². The molecule has 2 N–H and O–H groups in total. The molecule has 2 aromatic rings. The van der Waals surface area contributed by atoms with Crippen molar-refractivity contribution in [1.82, 2.24) is 9.47 Å². The lowest BCUT2D eigenvalue weighted by Gasteiger charge is -2.43. The molecule has 6 nitrogen and oxygen atoms in total. The van der Waals surface area contributed by atoms with E-state index in [1.54, 1.807) is 13.2 Å². The number of nitrogens with zero attached hydrogens (tertiary/aromatic N) is 2. The van der Waals surface area contributed by atoms with Crippen molar-refractivity contribution in [3.8, 4) is 5.75 Å². The maximum atomic E-state index is 12.1. The van der Waals surface area contributed by atoms with Crippen molar-refractivity contribution in [2.45, 2.75) is 25.0 Å². The third-order valence-corrected chi connectivity index (χ3v) is 5.66. The molecule has 27 heavy (non-hydrogen) atoms. The zero-order valence-corrected chi connectivity index (χ0v) is 15.7. The number of aromatic nitrogens is 1. The summed E-state index contributed by atoms with van der Waals surface area (Å²) in [5.74, 6) is 1.63. The SMILES string of the molecule is COc1ccccc1NC[C@@H](O)CN1C[C@@H]2C[C@@H](C1)c1cccc(=O)n1C2. The van der Waals surface area contributed by atoms with Gasteiger partial charge in [0.1, 0.15) is 5.75 Å². The third-order valence-electron chi connectivity index (χ3n) is 5.66. The minimum absolute atomic E-state index is 0.108. The van der Waals surface area contributed by atoms with Crippen LogP contribution in [0.25, 0.3) is 0 Å². The third kappa shape index (κ3) is 3.87. The summed E-state index contributed by atoms with van der Waals surface area (Å²) in [5.41, 5.74) is 2.14. The Bertz CT molecular complexity index is 851. The summed E-state index contributed by atoms with van der Waals surface area (Å²) in [4.78, 5) is 14.5. The first kappa shape index (κ1) is 18.1. The Morgan fingerprint density at radius 3 is 2.89 bits per heavy atom. The molecular weight excluding hydrogens is 342 g/mol. The number of anilines is 1. The van der Waals surface area contributed by atoms with E-state index >= 15 is 0 Å². The number of piperidine rings is 1. The smallest absolute Gasteiger partial charge is 0.250 e. The Morgan fingerprint density at radius 2 is 2.04 bits per heavy atom. The van der Waals surface area contributed by atoms with Gasteiger partial charge in [-0.25, -0.2) is 0 Å². The number of hydrogen-bond acceptors (Lipinski definition) is 5. The molecule has 6 heteroatoms. The molecule has 0 unspecified atom stereocenters. The van der Waals surface area contributed by atoms with E-state index in [0.29, 0.717) is 24.9 Å². The summed E-state index contributed by atoms with van der Waals surface area (Å²) in [5, 5.41) is 13.8. The van der Waals surface area contributed by atoms with Crippen LogP contribution >= 0.6 is 0 Å². The molecule has 0 amide bonds. The number of aliphatic hydroxyl groups excluding tert-OH is 1. The zero-order valence-electron chi connectivity index (χ0n) is 15.7. The lowest BCUT2D eigenvalue weighted by atomic mass is 9.83. The van der Waals surface area contributed by atoms with Crippen LogP contribution in [0, 0.1) is 5.92 Å². The summed E-state index contributed by atoms with van der Waals surface area (Å²) < 4.78 is 7.28. The highest BCUT2D eigenvalue weighted by Gasteiger charge is 2.34. The van der Waals surface area contributed by atoms with Crippen LogP contribution in [-0.4, -0.2) is 54.0 Å². The van der Waals surface area contributed by atoms with Crippen molar-refractivity contribution in [2.24, 2.45) is 5.92 Å². The van der Waals surface area contributed by atoms with Gasteiger partial charge < -0.3 is 19.7 Å². The van der Waals surface area contributed by atoms with E-state index in [1.807, 2.05) is 34.9 Å². The number of ether oxygens (including phenoxy) is 1. The Hall–Kier alpha value is -2.31. The Labute approximate surface area is 159 Å². The fourth-order valence-electron chi connectivity index (χ4n) is 4.53. The number of pyridine rings is 1. The van der Waals surface area contributed by atoms with E-state index in [0.717, 1.165) is 43.2 Å². The van der Waals surface area contributed by atoms with Gasteiger partial charge in [-0.2, -0.15) is 0 Å². The van der Waals surface area contributed by atoms with Crippen molar-refractivity contribution in [2.75, 3.05) is 38.6 Å². The van der Waals surface area contributed by atoms with Gasteiger partial charge in [0.05, 0.1) is 18.9 Å². The molecule has 1 aromatic heterocycles. The molecular formula is C21H27N3O3. The molecule has 144 valence electrons. The largest absolute Gasteiger partial charge is 0.495 e. The molecule has 1 saturated heterocycles. The average Bonchev–Trinajstić information content (AvgIpc) is 2.67.